The summed E-state index contributed by atoms with van der Waals surface area (Å²) in [5.74, 6) is 0.378. The van der Waals surface area contributed by atoms with E-state index in [4.69, 9.17) is 9.94 Å². The molecule has 0 bridgehead atoms. The van der Waals surface area contributed by atoms with Crippen LogP contribution < -0.4 is 10.2 Å². The van der Waals surface area contributed by atoms with Crippen LogP contribution in [0, 0.1) is 5.92 Å². The topological polar surface area (TPSA) is 78.9 Å². The highest BCUT2D eigenvalue weighted by Crippen LogP contribution is 2.34. The summed E-state index contributed by atoms with van der Waals surface area (Å²) in [6.45, 7) is 2.86. The van der Waals surface area contributed by atoms with E-state index in [1.54, 1.807) is 23.7 Å². The highest BCUT2D eigenvalue weighted by atomic mass is 16.5. The smallest absolute Gasteiger partial charge is 0.274 e. The molecule has 0 unspecified atom stereocenters. The van der Waals surface area contributed by atoms with Crippen LogP contribution in [-0.4, -0.2) is 34.6 Å². The molecule has 1 aromatic rings. The van der Waals surface area contributed by atoms with E-state index in [0.29, 0.717) is 24.5 Å². The number of benzene rings is 1. The van der Waals surface area contributed by atoms with Crippen molar-refractivity contribution in [3.63, 3.8) is 0 Å². The van der Waals surface area contributed by atoms with E-state index in [0.717, 1.165) is 18.4 Å². The lowest BCUT2D eigenvalue weighted by Crippen LogP contribution is -2.40. The van der Waals surface area contributed by atoms with Crippen LogP contribution in [0.2, 0.25) is 0 Å². The van der Waals surface area contributed by atoms with Gasteiger partial charge in [0.2, 0.25) is 5.91 Å². The van der Waals surface area contributed by atoms with Gasteiger partial charge in [-0.25, -0.2) is 5.48 Å². The zero-order valence-corrected chi connectivity index (χ0v) is 11.8. The van der Waals surface area contributed by atoms with Gasteiger partial charge in [0.05, 0.1) is 6.04 Å². The van der Waals surface area contributed by atoms with Gasteiger partial charge in [-0.3, -0.25) is 14.8 Å². The van der Waals surface area contributed by atoms with E-state index in [1.807, 2.05) is 11.8 Å². The van der Waals surface area contributed by atoms with Gasteiger partial charge < -0.3 is 9.64 Å². The maximum Gasteiger partial charge on any atom is 0.274 e. The van der Waals surface area contributed by atoms with Gasteiger partial charge in [0.15, 0.2) is 0 Å². The molecule has 6 nitrogen and oxygen atoms in total. The molecule has 0 radical (unpaired) electrons. The summed E-state index contributed by atoms with van der Waals surface area (Å²) in [6, 6.07) is 4.98. The number of rotatable bonds is 2. The number of fused-ring (bicyclic) bond motifs is 1. The zero-order chi connectivity index (χ0) is 15.0. The average Bonchev–Trinajstić information content (AvgIpc) is 3.33. The molecule has 0 saturated heterocycles. The summed E-state index contributed by atoms with van der Waals surface area (Å²) in [5, 5.41) is 8.68. The third-order valence-electron chi connectivity index (χ3n) is 3.99. The lowest BCUT2D eigenvalue weighted by atomic mass is 10.1. The Morgan fingerprint density at radius 2 is 2.14 bits per heavy atom. The molecule has 2 amide bonds. The second-order valence-corrected chi connectivity index (χ2v) is 5.66. The first kappa shape index (κ1) is 13.9. The van der Waals surface area contributed by atoms with Crippen molar-refractivity contribution in [2.75, 3.05) is 6.61 Å². The first-order valence-electron chi connectivity index (χ1n) is 7.11. The first-order chi connectivity index (χ1) is 10.1. The van der Waals surface area contributed by atoms with Crippen molar-refractivity contribution in [3.8, 4) is 5.75 Å². The maximum absolute atomic E-state index is 12.3. The summed E-state index contributed by atoms with van der Waals surface area (Å²) in [4.78, 5) is 25.6. The summed E-state index contributed by atoms with van der Waals surface area (Å²) < 4.78 is 5.72. The number of amides is 2. The standard InChI is InChI=1S/C15H18N2O4/c1-9-8-21-13-6-11(14(18)16-20)4-5-12(13)7-17(9)15(19)10-2-3-10/h4-6,9-10,20H,2-3,7-8H2,1H3,(H,16,18)/t9-/m0/s1. The van der Waals surface area contributed by atoms with E-state index in [2.05, 4.69) is 0 Å². The number of nitrogens with zero attached hydrogens (tertiary/aromatic N) is 1. The molecule has 1 aromatic carbocycles. The van der Waals surface area contributed by atoms with Gasteiger partial charge in [-0.1, -0.05) is 6.07 Å². The molecule has 1 heterocycles. The Kier molecular flexibility index (Phi) is 3.55. The van der Waals surface area contributed by atoms with Gasteiger partial charge in [-0.15, -0.1) is 0 Å². The van der Waals surface area contributed by atoms with Gasteiger partial charge in [-0.2, -0.15) is 0 Å². The lowest BCUT2D eigenvalue weighted by molar-refractivity contribution is -0.135. The third kappa shape index (κ3) is 2.71. The summed E-state index contributed by atoms with van der Waals surface area (Å²) in [5.41, 5.74) is 2.81. The van der Waals surface area contributed by atoms with Crippen LogP contribution >= 0.6 is 0 Å². The zero-order valence-electron chi connectivity index (χ0n) is 11.8. The summed E-state index contributed by atoms with van der Waals surface area (Å²) in [7, 11) is 0. The molecular formula is C15H18N2O4. The van der Waals surface area contributed by atoms with Gasteiger partial charge >= 0.3 is 0 Å². The van der Waals surface area contributed by atoms with Gasteiger partial charge in [0, 0.05) is 23.6 Å². The number of hydrogen-bond acceptors (Lipinski definition) is 4. The van der Waals surface area contributed by atoms with Crippen molar-refractivity contribution in [2.45, 2.75) is 32.4 Å². The third-order valence-corrected chi connectivity index (χ3v) is 3.99. The van der Waals surface area contributed by atoms with Crippen LogP contribution in [0.5, 0.6) is 5.75 Å². The molecule has 21 heavy (non-hydrogen) atoms. The number of carbonyl (C=O) groups excluding carboxylic acids is 2. The molecule has 6 heteroatoms. The van der Waals surface area contributed by atoms with Crippen LogP contribution in [0.1, 0.15) is 35.7 Å². The molecule has 1 fully saturated rings. The molecule has 3 rings (SSSR count). The molecule has 1 atom stereocenters. The predicted molar refractivity (Wildman–Crippen MR) is 73.9 cm³/mol. The van der Waals surface area contributed by atoms with Crippen molar-refractivity contribution in [1.82, 2.24) is 10.4 Å². The van der Waals surface area contributed by atoms with E-state index >= 15 is 0 Å². The van der Waals surface area contributed by atoms with Gasteiger partial charge in [-0.05, 0) is 31.9 Å². The van der Waals surface area contributed by atoms with Crippen molar-refractivity contribution in [2.24, 2.45) is 5.92 Å². The number of carbonyl (C=O) groups is 2. The highest BCUT2D eigenvalue weighted by molar-refractivity contribution is 5.93. The van der Waals surface area contributed by atoms with Gasteiger partial charge in [0.1, 0.15) is 12.4 Å². The van der Waals surface area contributed by atoms with Crippen molar-refractivity contribution < 1.29 is 19.5 Å². The van der Waals surface area contributed by atoms with Crippen LogP contribution in [0.3, 0.4) is 0 Å². The van der Waals surface area contributed by atoms with Crippen molar-refractivity contribution in [1.29, 1.82) is 0 Å². The maximum atomic E-state index is 12.3. The summed E-state index contributed by atoms with van der Waals surface area (Å²) >= 11 is 0. The Morgan fingerprint density at radius 1 is 1.38 bits per heavy atom. The average molecular weight is 290 g/mol. The highest BCUT2D eigenvalue weighted by Gasteiger charge is 2.36. The minimum absolute atomic E-state index is 0.000573. The quantitative estimate of drug-likeness (QED) is 0.636. The van der Waals surface area contributed by atoms with Crippen LogP contribution in [-0.2, 0) is 11.3 Å². The second-order valence-electron chi connectivity index (χ2n) is 5.66. The van der Waals surface area contributed by atoms with E-state index < -0.39 is 5.91 Å². The van der Waals surface area contributed by atoms with Gasteiger partial charge in [0.25, 0.3) is 5.91 Å². The second kappa shape index (κ2) is 5.37. The van der Waals surface area contributed by atoms with Crippen molar-refractivity contribution >= 4 is 11.8 Å². The van der Waals surface area contributed by atoms with E-state index in [-0.39, 0.29) is 17.9 Å². The molecule has 112 valence electrons. The normalized spacial score (nSPS) is 21.0. The molecular weight excluding hydrogens is 272 g/mol. The Balaban J connectivity index is 1.86. The molecule has 1 aliphatic heterocycles. The monoisotopic (exact) mass is 290 g/mol. The molecule has 0 aromatic heterocycles. The molecule has 2 aliphatic rings. The van der Waals surface area contributed by atoms with Crippen LogP contribution in [0.4, 0.5) is 0 Å². The van der Waals surface area contributed by atoms with E-state index in [9.17, 15) is 9.59 Å². The van der Waals surface area contributed by atoms with E-state index in [1.165, 1.54) is 0 Å². The number of ether oxygens (including phenoxy) is 1. The fraction of sp³-hybridized carbons (Fsp3) is 0.467. The Bertz CT molecular complexity index is 583. The molecule has 1 saturated carbocycles. The fourth-order valence-corrected chi connectivity index (χ4v) is 2.52. The minimum atomic E-state index is -0.579. The van der Waals surface area contributed by atoms with Crippen molar-refractivity contribution in [3.05, 3.63) is 29.3 Å². The Hall–Kier alpha value is -2.08. The fourth-order valence-electron chi connectivity index (χ4n) is 2.52. The molecule has 2 N–H and O–H groups in total. The minimum Gasteiger partial charge on any atom is -0.491 e. The molecule has 0 spiro atoms. The van der Waals surface area contributed by atoms with Crippen LogP contribution in [0.25, 0.3) is 0 Å². The largest absolute Gasteiger partial charge is 0.491 e. The first-order valence-corrected chi connectivity index (χ1v) is 7.11. The number of nitrogens with one attached hydrogen (secondary N) is 1. The number of hydrogen-bond donors (Lipinski definition) is 2. The molecule has 1 aliphatic carbocycles. The predicted octanol–water partition coefficient (Wildman–Crippen LogP) is 1.33. The Labute approximate surface area is 122 Å². The SMILES string of the molecule is C[C@H]1COc2cc(C(=O)NO)ccc2CN1C(=O)C1CC1. The number of hydroxylamine groups is 1. The van der Waals surface area contributed by atoms with Crippen LogP contribution in [0.15, 0.2) is 18.2 Å². The summed E-state index contributed by atoms with van der Waals surface area (Å²) in [6.07, 6.45) is 1.96. The lowest BCUT2D eigenvalue weighted by Gasteiger charge is -2.26. The Morgan fingerprint density at radius 3 is 2.81 bits per heavy atom.